The van der Waals surface area contributed by atoms with Gasteiger partial charge < -0.3 is 34.3 Å². The van der Waals surface area contributed by atoms with E-state index in [1.165, 1.54) is 14.2 Å². The summed E-state index contributed by atoms with van der Waals surface area (Å²) in [5.41, 5.74) is -2.04. The van der Waals surface area contributed by atoms with Crippen LogP contribution in [0.4, 0.5) is 0 Å². The van der Waals surface area contributed by atoms with E-state index in [-0.39, 0.29) is 12.8 Å². The largest absolute Gasteiger partial charge is 0.479 e. The van der Waals surface area contributed by atoms with Gasteiger partial charge in [-0.2, -0.15) is 0 Å². The summed E-state index contributed by atoms with van der Waals surface area (Å²) in [6.45, 7) is 0. The van der Waals surface area contributed by atoms with Gasteiger partial charge in [-0.1, -0.05) is 0 Å². The maximum absolute atomic E-state index is 11.3. The highest BCUT2D eigenvalue weighted by Crippen LogP contribution is 2.51. The molecule has 1 heterocycles. The molecule has 6 atom stereocenters. The monoisotopic (exact) mass is 332 g/mol. The van der Waals surface area contributed by atoms with Crippen LogP contribution in [0, 0.1) is 0 Å². The number of hydrogen-bond donors (Lipinski definition) is 3. The van der Waals surface area contributed by atoms with Crippen molar-refractivity contribution in [3.05, 3.63) is 0 Å². The highest BCUT2D eigenvalue weighted by Gasteiger charge is 2.66. The van der Waals surface area contributed by atoms with E-state index in [0.29, 0.717) is 12.8 Å². The Morgan fingerprint density at radius 1 is 1.09 bits per heavy atom. The molecule has 132 valence electrons. The molecule has 8 nitrogen and oxygen atoms in total. The summed E-state index contributed by atoms with van der Waals surface area (Å²) >= 11 is 0. The third kappa shape index (κ3) is 2.40. The van der Waals surface area contributed by atoms with Crippen LogP contribution >= 0.6 is 0 Å². The van der Waals surface area contributed by atoms with Crippen LogP contribution in [-0.4, -0.2) is 71.0 Å². The van der Waals surface area contributed by atoms with E-state index >= 15 is 0 Å². The first-order valence-corrected chi connectivity index (χ1v) is 7.91. The van der Waals surface area contributed by atoms with Crippen LogP contribution in [0.1, 0.15) is 38.5 Å². The second-order valence-electron chi connectivity index (χ2n) is 6.67. The fourth-order valence-electron chi connectivity index (χ4n) is 4.15. The Hall–Kier alpha value is -0.770. The summed E-state index contributed by atoms with van der Waals surface area (Å²) in [6, 6.07) is 0. The third-order valence-corrected chi connectivity index (χ3v) is 5.40. The Labute approximate surface area is 134 Å². The van der Waals surface area contributed by atoms with Crippen LogP contribution < -0.4 is 0 Å². The molecule has 0 aromatic heterocycles. The number of aliphatic hydroxyl groups excluding tert-OH is 1. The maximum Gasteiger partial charge on any atom is 0.335 e. The highest BCUT2D eigenvalue weighted by atomic mass is 16.8. The number of methoxy groups -OCH3 is 2. The van der Waals surface area contributed by atoms with E-state index in [0.717, 1.165) is 12.8 Å². The van der Waals surface area contributed by atoms with E-state index in [2.05, 4.69) is 0 Å². The molecule has 3 fully saturated rings. The second-order valence-corrected chi connectivity index (χ2v) is 6.67. The average Bonchev–Trinajstić information content (AvgIpc) is 2.53. The van der Waals surface area contributed by atoms with Crippen molar-refractivity contribution in [1.29, 1.82) is 0 Å². The predicted molar refractivity (Wildman–Crippen MR) is 75.5 cm³/mol. The predicted octanol–water partition coefficient (Wildman–Crippen LogP) is 0.000200. The van der Waals surface area contributed by atoms with Crippen LogP contribution in [0.3, 0.4) is 0 Å². The van der Waals surface area contributed by atoms with Crippen LogP contribution in [-0.2, 0) is 23.7 Å². The summed E-state index contributed by atoms with van der Waals surface area (Å²) in [4.78, 5) is 11.3. The van der Waals surface area contributed by atoms with Gasteiger partial charge in [-0.3, -0.25) is 0 Å². The van der Waals surface area contributed by atoms with Gasteiger partial charge in [-0.05, 0) is 12.8 Å². The van der Waals surface area contributed by atoms with Gasteiger partial charge >= 0.3 is 5.97 Å². The summed E-state index contributed by atoms with van der Waals surface area (Å²) in [7, 11) is 3.00. The first-order chi connectivity index (χ1) is 10.8. The van der Waals surface area contributed by atoms with Crippen molar-refractivity contribution in [1.82, 2.24) is 0 Å². The van der Waals surface area contributed by atoms with Gasteiger partial charge in [-0.15, -0.1) is 0 Å². The standard InChI is InChI=1S/C15H24O8/c1-20-14-5-3-4-6-15(14,21-2)23-11-9(16)7-13(19,12(17)18)8-10(11)22-14/h9-11,16,19H,3-8H2,1-2H3,(H,17,18)/t9-,10-,11-,13+,14+,15+/m1/s1. The first kappa shape index (κ1) is 17.1. The molecule has 1 aliphatic heterocycles. The number of rotatable bonds is 3. The minimum atomic E-state index is -2.04. The molecule has 2 saturated carbocycles. The van der Waals surface area contributed by atoms with Crippen LogP contribution in [0.25, 0.3) is 0 Å². The molecule has 0 aromatic rings. The van der Waals surface area contributed by atoms with Gasteiger partial charge in [0.15, 0.2) is 5.60 Å². The Bertz CT molecular complexity index is 484. The molecule has 0 radical (unpaired) electrons. The molecule has 3 rings (SSSR count). The molecular formula is C15H24O8. The Morgan fingerprint density at radius 3 is 2.17 bits per heavy atom. The lowest BCUT2D eigenvalue weighted by Crippen LogP contribution is -2.73. The second kappa shape index (κ2) is 5.65. The molecule has 1 saturated heterocycles. The van der Waals surface area contributed by atoms with Crippen molar-refractivity contribution in [2.45, 2.75) is 74.0 Å². The fraction of sp³-hybridized carbons (Fsp3) is 0.933. The first-order valence-electron chi connectivity index (χ1n) is 7.91. The third-order valence-electron chi connectivity index (χ3n) is 5.40. The lowest BCUT2D eigenvalue weighted by atomic mass is 9.77. The summed E-state index contributed by atoms with van der Waals surface area (Å²) < 4.78 is 23.4. The van der Waals surface area contributed by atoms with Gasteiger partial charge in [0, 0.05) is 39.9 Å². The fourth-order valence-corrected chi connectivity index (χ4v) is 4.15. The van der Waals surface area contributed by atoms with Gasteiger partial charge in [0.05, 0.1) is 12.2 Å². The quantitative estimate of drug-likeness (QED) is 0.662. The Morgan fingerprint density at radius 2 is 1.65 bits per heavy atom. The summed E-state index contributed by atoms with van der Waals surface area (Å²) in [5, 5.41) is 29.8. The van der Waals surface area contributed by atoms with E-state index in [4.69, 9.17) is 18.9 Å². The van der Waals surface area contributed by atoms with E-state index < -0.39 is 41.5 Å². The molecule has 2 aliphatic carbocycles. The Balaban J connectivity index is 1.94. The topological polar surface area (TPSA) is 115 Å². The van der Waals surface area contributed by atoms with Crippen molar-refractivity contribution >= 4 is 5.97 Å². The number of aliphatic hydroxyl groups is 2. The minimum absolute atomic E-state index is 0.172. The van der Waals surface area contributed by atoms with E-state index in [1.807, 2.05) is 0 Å². The molecule has 0 bridgehead atoms. The summed E-state index contributed by atoms with van der Waals surface area (Å²) in [5.74, 6) is -3.68. The lowest BCUT2D eigenvalue weighted by Gasteiger charge is -2.59. The molecule has 23 heavy (non-hydrogen) atoms. The smallest absolute Gasteiger partial charge is 0.335 e. The minimum Gasteiger partial charge on any atom is -0.479 e. The normalized spacial score (nSPS) is 50.0. The van der Waals surface area contributed by atoms with Gasteiger partial charge in [0.2, 0.25) is 11.6 Å². The lowest BCUT2D eigenvalue weighted by molar-refractivity contribution is -0.480. The van der Waals surface area contributed by atoms with Gasteiger partial charge in [-0.25, -0.2) is 4.79 Å². The van der Waals surface area contributed by atoms with Crippen molar-refractivity contribution in [2.75, 3.05) is 14.2 Å². The molecule has 0 amide bonds. The number of carboxylic acid groups (broad SMARTS) is 1. The van der Waals surface area contributed by atoms with E-state index in [1.54, 1.807) is 0 Å². The molecule has 0 aromatic carbocycles. The van der Waals surface area contributed by atoms with Crippen LogP contribution in [0.15, 0.2) is 0 Å². The molecule has 3 aliphatic rings. The summed E-state index contributed by atoms with van der Waals surface area (Å²) in [6.07, 6.45) is -0.406. The average molecular weight is 332 g/mol. The van der Waals surface area contributed by atoms with Crippen molar-refractivity contribution in [2.24, 2.45) is 0 Å². The van der Waals surface area contributed by atoms with Crippen LogP contribution in [0.5, 0.6) is 0 Å². The number of fused-ring (bicyclic) bond motifs is 2. The van der Waals surface area contributed by atoms with Gasteiger partial charge in [0.1, 0.15) is 6.10 Å². The molecule has 0 spiro atoms. The number of hydrogen-bond acceptors (Lipinski definition) is 7. The van der Waals surface area contributed by atoms with E-state index in [9.17, 15) is 20.1 Å². The van der Waals surface area contributed by atoms with Crippen molar-refractivity contribution in [3.8, 4) is 0 Å². The van der Waals surface area contributed by atoms with Crippen LogP contribution in [0.2, 0.25) is 0 Å². The molecule has 8 heteroatoms. The Kier molecular flexibility index (Phi) is 4.19. The van der Waals surface area contributed by atoms with Crippen molar-refractivity contribution < 1.29 is 39.1 Å². The SMILES string of the molecule is CO[C@]12CCCC[C@]1(OC)O[C@@H]1C[C@](O)(C(=O)O)C[C@@H](O)[C@H]1O2. The number of carbonyl (C=O) groups is 1. The zero-order valence-corrected chi connectivity index (χ0v) is 13.4. The zero-order valence-electron chi connectivity index (χ0n) is 13.4. The highest BCUT2D eigenvalue weighted by molar-refractivity contribution is 5.77. The zero-order chi connectivity index (χ0) is 16.9. The maximum atomic E-state index is 11.3. The van der Waals surface area contributed by atoms with Crippen molar-refractivity contribution in [3.63, 3.8) is 0 Å². The number of aliphatic carboxylic acids is 1. The molecule has 0 unspecified atom stereocenters. The number of ether oxygens (including phenoxy) is 4. The van der Waals surface area contributed by atoms with Gasteiger partial charge in [0.25, 0.3) is 0 Å². The molecule has 3 N–H and O–H groups in total. The number of carboxylic acids is 1. The molecular weight excluding hydrogens is 308 g/mol.